The maximum Gasteiger partial charge on any atom is 0.308 e. The molecular weight excluding hydrogens is 256 g/mol. The molecule has 0 bridgehead atoms. The van der Waals surface area contributed by atoms with Gasteiger partial charge in [-0.05, 0) is 52.3 Å². The van der Waals surface area contributed by atoms with Gasteiger partial charge in [-0.25, -0.2) is 0 Å². The summed E-state index contributed by atoms with van der Waals surface area (Å²) in [6.07, 6.45) is -0.398. The van der Waals surface area contributed by atoms with E-state index in [2.05, 4.69) is 0 Å². The van der Waals surface area contributed by atoms with Gasteiger partial charge in [0.05, 0.1) is 11.2 Å². The zero-order valence-electron chi connectivity index (χ0n) is 12.9. The van der Waals surface area contributed by atoms with Crippen molar-refractivity contribution in [3.63, 3.8) is 0 Å². The Morgan fingerprint density at radius 2 is 1.70 bits per heavy atom. The Hall–Kier alpha value is -1.39. The minimum Gasteiger partial charge on any atom is -0.426 e. The van der Waals surface area contributed by atoms with E-state index in [1.807, 2.05) is 46.8 Å². The van der Waals surface area contributed by atoms with Gasteiger partial charge in [-0.15, -0.1) is 0 Å². The van der Waals surface area contributed by atoms with Crippen molar-refractivity contribution in [3.8, 4) is 5.75 Å². The van der Waals surface area contributed by atoms with E-state index in [9.17, 15) is 4.79 Å². The Morgan fingerprint density at radius 1 is 1.15 bits per heavy atom. The molecule has 1 aliphatic heterocycles. The molecule has 0 saturated carbocycles. The number of hydrogen-bond donors (Lipinski definition) is 0. The number of rotatable bonds is 2. The molecule has 1 fully saturated rings. The molecule has 0 N–H and O–H groups in total. The SMILES string of the molecule is CC(=O)Oc1ccc(C2OC(C)(C)C(C)(C)O2)cc1C. The molecule has 0 aliphatic carbocycles. The molecule has 1 aromatic rings. The van der Waals surface area contributed by atoms with Crippen LogP contribution >= 0.6 is 0 Å². The van der Waals surface area contributed by atoms with Gasteiger partial charge in [-0.1, -0.05) is 6.07 Å². The van der Waals surface area contributed by atoms with Crippen LogP contribution in [0.15, 0.2) is 18.2 Å². The molecule has 0 spiro atoms. The van der Waals surface area contributed by atoms with E-state index >= 15 is 0 Å². The van der Waals surface area contributed by atoms with Gasteiger partial charge < -0.3 is 14.2 Å². The maximum absolute atomic E-state index is 11.0. The molecule has 1 aromatic carbocycles. The van der Waals surface area contributed by atoms with E-state index in [0.29, 0.717) is 5.75 Å². The normalized spacial score (nSPS) is 20.9. The second kappa shape index (κ2) is 4.86. The van der Waals surface area contributed by atoms with Crippen LogP contribution in [0.25, 0.3) is 0 Å². The molecule has 20 heavy (non-hydrogen) atoms. The van der Waals surface area contributed by atoms with E-state index in [1.165, 1.54) is 6.92 Å². The van der Waals surface area contributed by atoms with Crippen LogP contribution in [0.5, 0.6) is 5.75 Å². The number of carbonyl (C=O) groups is 1. The summed E-state index contributed by atoms with van der Waals surface area (Å²) in [6, 6.07) is 5.57. The predicted octanol–water partition coefficient (Wildman–Crippen LogP) is 3.52. The number of ether oxygens (including phenoxy) is 3. The van der Waals surface area contributed by atoms with Gasteiger partial charge in [-0.3, -0.25) is 4.79 Å². The third kappa shape index (κ3) is 2.72. The van der Waals surface area contributed by atoms with E-state index in [-0.39, 0.29) is 17.2 Å². The fourth-order valence-corrected chi connectivity index (χ4v) is 2.07. The highest BCUT2D eigenvalue weighted by atomic mass is 16.7. The molecule has 0 radical (unpaired) electrons. The fraction of sp³-hybridized carbons (Fsp3) is 0.562. The molecule has 1 heterocycles. The quantitative estimate of drug-likeness (QED) is 0.613. The summed E-state index contributed by atoms with van der Waals surface area (Å²) in [5.41, 5.74) is 1.09. The van der Waals surface area contributed by atoms with Crippen molar-refractivity contribution in [3.05, 3.63) is 29.3 Å². The highest BCUT2D eigenvalue weighted by Gasteiger charge is 2.49. The highest BCUT2D eigenvalue weighted by molar-refractivity contribution is 5.69. The van der Waals surface area contributed by atoms with Crippen molar-refractivity contribution in [1.82, 2.24) is 0 Å². The summed E-state index contributed by atoms with van der Waals surface area (Å²) >= 11 is 0. The Morgan fingerprint density at radius 3 is 2.15 bits per heavy atom. The lowest BCUT2D eigenvalue weighted by molar-refractivity contribution is -0.131. The van der Waals surface area contributed by atoms with E-state index in [0.717, 1.165) is 11.1 Å². The first-order chi connectivity index (χ1) is 9.12. The molecule has 0 unspecified atom stereocenters. The summed E-state index contributed by atoms with van der Waals surface area (Å²) < 4.78 is 17.1. The molecule has 0 atom stereocenters. The third-order valence-electron chi connectivity index (χ3n) is 3.98. The lowest BCUT2D eigenvalue weighted by Gasteiger charge is -2.30. The van der Waals surface area contributed by atoms with Crippen LogP contribution in [0.1, 0.15) is 52.0 Å². The number of hydrogen-bond acceptors (Lipinski definition) is 4. The molecule has 1 aliphatic rings. The van der Waals surface area contributed by atoms with E-state index < -0.39 is 6.29 Å². The fourth-order valence-electron chi connectivity index (χ4n) is 2.07. The first-order valence-corrected chi connectivity index (χ1v) is 6.77. The predicted molar refractivity (Wildman–Crippen MR) is 75.6 cm³/mol. The first kappa shape index (κ1) is 15.0. The summed E-state index contributed by atoms with van der Waals surface area (Å²) in [5, 5.41) is 0. The smallest absolute Gasteiger partial charge is 0.308 e. The lowest BCUT2D eigenvalue weighted by atomic mass is 9.90. The van der Waals surface area contributed by atoms with Crippen LogP contribution in [-0.4, -0.2) is 17.2 Å². The van der Waals surface area contributed by atoms with Crippen molar-refractivity contribution in [1.29, 1.82) is 0 Å². The van der Waals surface area contributed by atoms with Gasteiger partial charge in [0.15, 0.2) is 6.29 Å². The van der Waals surface area contributed by atoms with Crippen molar-refractivity contribution in [2.75, 3.05) is 0 Å². The standard InChI is InChI=1S/C16H22O4/c1-10-9-12(7-8-13(10)18-11(2)17)14-19-15(3,4)16(5,6)20-14/h7-9,14H,1-6H3. The molecule has 4 nitrogen and oxygen atoms in total. The molecule has 2 rings (SSSR count). The lowest BCUT2D eigenvalue weighted by Crippen LogP contribution is -2.41. The van der Waals surface area contributed by atoms with Crippen molar-refractivity contribution >= 4 is 5.97 Å². The van der Waals surface area contributed by atoms with Crippen LogP contribution in [-0.2, 0) is 14.3 Å². The molecule has 0 aromatic heterocycles. The third-order valence-corrected chi connectivity index (χ3v) is 3.98. The minimum atomic E-state index is -0.398. The Balaban J connectivity index is 2.24. The number of esters is 1. The van der Waals surface area contributed by atoms with Crippen LogP contribution in [0.4, 0.5) is 0 Å². The van der Waals surface area contributed by atoms with Crippen LogP contribution < -0.4 is 4.74 Å². The number of carbonyl (C=O) groups excluding carboxylic acids is 1. The summed E-state index contributed by atoms with van der Waals surface area (Å²) in [6.45, 7) is 11.4. The second-order valence-electron chi connectivity index (χ2n) is 6.21. The molecular formula is C16H22O4. The van der Waals surface area contributed by atoms with Crippen molar-refractivity contribution < 1.29 is 19.0 Å². The number of benzene rings is 1. The van der Waals surface area contributed by atoms with Crippen LogP contribution in [0.3, 0.4) is 0 Å². The second-order valence-corrected chi connectivity index (χ2v) is 6.21. The zero-order valence-corrected chi connectivity index (χ0v) is 12.9. The van der Waals surface area contributed by atoms with Gasteiger partial charge in [0.25, 0.3) is 0 Å². The van der Waals surface area contributed by atoms with Crippen molar-refractivity contribution in [2.45, 2.75) is 59.0 Å². The zero-order chi connectivity index (χ0) is 15.1. The summed E-state index contributed by atoms with van der Waals surface area (Å²) in [5.74, 6) is 0.245. The largest absolute Gasteiger partial charge is 0.426 e. The van der Waals surface area contributed by atoms with E-state index in [1.54, 1.807) is 6.07 Å². The van der Waals surface area contributed by atoms with Gasteiger partial charge in [-0.2, -0.15) is 0 Å². The van der Waals surface area contributed by atoms with Gasteiger partial charge >= 0.3 is 5.97 Å². The Bertz CT molecular complexity index is 515. The molecule has 110 valence electrons. The van der Waals surface area contributed by atoms with Gasteiger partial charge in [0.2, 0.25) is 0 Å². The first-order valence-electron chi connectivity index (χ1n) is 6.77. The molecule has 4 heteroatoms. The Labute approximate surface area is 120 Å². The Kier molecular flexibility index (Phi) is 3.65. The van der Waals surface area contributed by atoms with Crippen LogP contribution in [0.2, 0.25) is 0 Å². The molecule has 0 amide bonds. The van der Waals surface area contributed by atoms with Crippen molar-refractivity contribution in [2.24, 2.45) is 0 Å². The molecule has 1 saturated heterocycles. The highest BCUT2D eigenvalue weighted by Crippen LogP contribution is 2.45. The summed E-state index contributed by atoms with van der Waals surface area (Å²) in [7, 11) is 0. The average Bonchev–Trinajstić information content (AvgIpc) is 2.50. The monoisotopic (exact) mass is 278 g/mol. The average molecular weight is 278 g/mol. The topological polar surface area (TPSA) is 44.8 Å². The van der Waals surface area contributed by atoms with Gasteiger partial charge in [0, 0.05) is 12.5 Å². The summed E-state index contributed by atoms with van der Waals surface area (Å²) in [4.78, 5) is 11.0. The minimum absolute atomic E-state index is 0.323. The van der Waals surface area contributed by atoms with E-state index in [4.69, 9.17) is 14.2 Å². The van der Waals surface area contributed by atoms with Gasteiger partial charge in [0.1, 0.15) is 5.75 Å². The maximum atomic E-state index is 11.0. The van der Waals surface area contributed by atoms with Crippen LogP contribution in [0, 0.1) is 6.92 Å². The number of aryl methyl sites for hydroxylation is 1.